The van der Waals surface area contributed by atoms with E-state index in [4.69, 9.17) is 11.6 Å². The Bertz CT molecular complexity index is 935. The number of nitrogens with zero attached hydrogens (tertiary/aromatic N) is 2. The Morgan fingerprint density at radius 1 is 1.32 bits per heavy atom. The second-order valence-corrected chi connectivity index (χ2v) is 7.90. The molecule has 4 rings (SSSR count). The van der Waals surface area contributed by atoms with Gasteiger partial charge in [-0.05, 0) is 43.2 Å². The monoisotopic (exact) mass is 453 g/mol. The van der Waals surface area contributed by atoms with Crippen LogP contribution in [0.2, 0.25) is 0 Å². The normalized spacial score (nSPS) is 21.4. The number of halogens is 3. The molecule has 4 N–H and O–H groups in total. The van der Waals surface area contributed by atoms with Crippen molar-refractivity contribution in [2.75, 3.05) is 29.9 Å². The van der Waals surface area contributed by atoms with Gasteiger partial charge < -0.3 is 20.1 Å². The molecule has 8 nitrogen and oxygen atoms in total. The number of pyridine rings is 1. The summed E-state index contributed by atoms with van der Waals surface area (Å²) in [7, 11) is 0. The Kier molecular flexibility index (Phi) is 6.24. The first-order chi connectivity index (χ1) is 14.8. The molecule has 0 aliphatic carbocycles. The summed E-state index contributed by atoms with van der Waals surface area (Å²) in [5, 5.41) is 12.6. The predicted octanol–water partition coefficient (Wildman–Crippen LogP) is 2.61. The maximum atomic E-state index is 12.8. The highest BCUT2D eigenvalue weighted by Crippen LogP contribution is 2.31. The number of aliphatic hydroxyl groups excluding tert-OH is 1. The number of anilines is 2. The molecule has 2 atom stereocenters. The molecule has 1 aromatic carbocycles. The minimum absolute atomic E-state index is 0.0124. The number of hydrogen-bond acceptors (Lipinski definition) is 7. The summed E-state index contributed by atoms with van der Waals surface area (Å²) in [6.07, 6.45) is 2.61. The van der Waals surface area contributed by atoms with Crippen molar-refractivity contribution in [3.05, 3.63) is 47.7 Å². The number of ether oxygens (including phenoxy) is 1. The number of nitrogens with one attached hydrogen (secondary N) is 3. The molecule has 2 aliphatic rings. The molecule has 2 aliphatic heterocycles. The summed E-state index contributed by atoms with van der Waals surface area (Å²) < 4.78 is 29.7. The number of β-amino-alcohol motifs (C(OH)–C–C–N with tert-alkyl or cyclic N) is 1. The van der Waals surface area contributed by atoms with E-state index < -0.39 is 11.7 Å². The van der Waals surface area contributed by atoms with Crippen LogP contribution in [-0.2, 0) is 0 Å². The summed E-state index contributed by atoms with van der Waals surface area (Å²) in [4.78, 5) is 19.3. The average molecular weight is 454 g/mol. The van der Waals surface area contributed by atoms with Gasteiger partial charge in [-0.3, -0.25) is 15.6 Å². The third-order valence-electron chi connectivity index (χ3n) is 5.18. The third-order valence-corrected chi connectivity index (χ3v) is 5.25. The molecular formula is C20H22ClF2N5O3. The molecule has 11 heteroatoms. The first-order valence-corrected chi connectivity index (χ1v) is 10.2. The SMILES string of the molecule is O=C(Nc1ccc(OC(F)(F)Cl)cc1)c1cnc(N2CC[C@@H](O)C2)c(C2CCNN2)c1. The topological polar surface area (TPSA) is 98.8 Å². The van der Waals surface area contributed by atoms with Gasteiger partial charge in [-0.1, -0.05) is 0 Å². The number of hydrogen-bond donors (Lipinski definition) is 4. The Morgan fingerprint density at radius 2 is 2.10 bits per heavy atom. The lowest BCUT2D eigenvalue weighted by atomic mass is 10.0. The van der Waals surface area contributed by atoms with Crippen LogP contribution in [0.5, 0.6) is 5.75 Å². The smallest absolute Gasteiger partial charge is 0.420 e. The molecule has 0 radical (unpaired) electrons. The quantitative estimate of drug-likeness (QED) is 0.499. The number of amides is 1. The van der Waals surface area contributed by atoms with Crippen LogP contribution in [0.1, 0.15) is 34.8 Å². The maximum absolute atomic E-state index is 12.8. The van der Waals surface area contributed by atoms with Gasteiger partial charge >= 0.3 is 5.57 Å². The van der Waals surface area contributed by atoms with Crippen LogP contribution in [0.3, 0.4) is 0 Å². The Hall–Kier alpha value is -2.53. The summed E-state index contributed by atoms with van der Waals surface area (Å²) in [5.74, 6) is 0.237. The fourth-order valence-corrected chi connectivity index (χ4v) is 3.80. The summed E-state index contributed by atoms with van der Waals surface area (Å²) >= 11 is 4.75. The Labute approximate surface area is 182 Å². The lowest BCUT2D eigenvalue weighted by Crippen LogP contribution is -2.29. The van der Waals surface area contributed by atoms with Crippen molar-refractivity contribution in [2.45, 2.75) is 30.6 Å². The minimum Gasteiger partial charge on any atom is -0.420 e. The van der Waals surface area contributed by atoms with Gasteiger partial charge in [0.25, 0.3) is 5.91 Å². The zero-order valence-corrected chi connectivity index (χ0v) is 17.2. The van der Waals surface area contributed by atoms with Crippen LogP contribution in [0.4, 0.5) is 20.3 Å². The molecular weight excluding hydrogens is 432 g/mol. The van der Waals surface area contributed by atoms with Crippen molar-refractivity contribution in [1.82, 2.24) is 15.8 Å². The molecule has 1 aromatic heterocycles. The van der Waals surface area contributed by atoms with Gasteiger partial charge in [0.15, 0.2) is 0 Å². The van der Waals surface area contributed by atoms with E-state index in [1.165, 1.54) is 30.5 Å². The molecule has 166 valence electrons. The van der Waals surface area contributed by atoms with Crippen LogP contribution in [0.15, 0.2) is 36.5 Å². The van der Waals surface area contributed by atoms with Crippen LogP contribution >= 0.6 is 11.6 Å². The number of rotatable bonds is 6. The van der Waals surface area contributed by atoms with E-state index in [1.807, 2.05) is 4.90 Å². The number of aliphatic hydroxyl groups is 1. The van der Waals surface area contributed by atoms with Crippen LogP contribution in [0, 0.1) is 0 Å². The van der Waals surface area contributed by atoms with E-state index >= 15 is 0 Å². The molecule has 2 fully saturated rings. The first kappa shape index (κ1) is 21.7. The summed E-state index contributed by atoms with van der Waals surface area (Å²) in [6.45, 7) is 1.99. The molecule has 0 saturated carbocycles. The van der Waals surface area contributed by atoms with Crippen molar-refractivity contribution >= 4 is 29.0 Å². The molecule has 31 heavy (non-hydrogen) atoms. The average Bonchev–Trinajstić information content (AvgIpc) is 3.40. The zero-order chi connectivity index (χ0) is 22.0. The fourth-order valence-electron chi connectivity index (χ4n) is 3.71. The lowest BCUT2D eigenvalue weighted by Gasteiger charge is -2.23. The van der Waals surface area contributed by atoms with E-state index in [0.717, 1.165) is 24.3 Å². The van der Waals surface area contributed by atoms with Gasteiger partial charge in [0.2, 0.25) is 0 Å². The number of benzene rings is 1. The van der Waals surface area contributed by atoms with E-state index in [2.05, 4.69) is 25.9 Å². The molecule has 1 amide bonds. The van der Waals surface area contributed by atoms with Crippen LogP contribution < -0.4 is 25.8 Å². The van der Waals surface area contributed by atoms with Gasteiger partial charge in [0.1, 0.15) is 11.6 Å². The number of hydrazine groups is 1. The van der Waals surface area contributed by atoms with Crippen molar-refractivity contribution in [2.24, 2.45) is 0 Å². The van der Waals surface area contributed by atoms with E-state index in [9.17, 15) is 18.7 Å². The first-order valence-electron chi connectivity index (χ1n) is 9.87. The third kappa shape index (κ3) is 5.40. The molecule has 3 heterocycles. The number of alkyl halides is 3. The Morgan fingerprint density at radius 3 is 2.71 bits per heavy atom. The minimum atomic E-state index is -3.80. The van der Waals surface area contributed by atoms with Crippen molar-refractivity contribution < 1.29 is 23.4 Å². The molecule has 0 spiro atoms. The highest BCUT2D eigenvalue weighted by molar-refractivity contribution is 6.20. The van der Waals surface area contributed by atoms with E-state index in [-0.39, 0.29) is 17.7 Å². The van der Waals surface area contributed by atoms with Gasteiger partial charge in [-0.15, -0.1) is 8.78 Å². The fraction of sp³-hybridized carbons (Fsp3) is 0.400. The lowest BCUT2D eigenvalue weighted by molar-refractivity contribution is -0.0964. The van der Waals surface area contributed by atoms with Crippen molar-refractivity contribution in [1.29, 1.82) is 0 Å². The summed E-state index contributed by atoms with van der Waals surface area (Å²) in [5.41, 5.74) is 4.12. The molecule has 2 aromatic rings. The highest BCUT2D eigenvalue weighted by Gasteiger charge is 2.29. The highest BCUT2D eigenvalue weighted by atomic mass is 35.5. The van der Waals surface area contributed by atoms with Gasteiger partial charge in [-0.2, -0.15) is 0 Å². The predicted molar refractivity (Wildman–Crippen MR) is 111 cm³/mol. The standard InChI is InChI=1S/C20H22ClF2N5O3/c21-20(22,23)31-15-3-1-13(2-4-15)26-19(30)12-9-16(17-5-7-25-27-17)18(24-10-12)28-8-6-14(29)11-28/h1-4,9-10,14,17,25,27,29H,5-8,11H2,(H,26,30)/t14-,17?/m1/s1. The number of carbonyl (C=O) groups excluding carboxylic acids is 1. The molecule has 0 bridgehead atoms. The van der Waals surface area contributed by atoms with Gasteiger partial charge in [0, 0.05) is 48.7 Å². The van der Waals surface area contributed by atoms with E-state index in [1.54, 1.807) is 6.07 Å². The van der Waals surface area contributed by atoms with Gasteiger partial charge in [-0.25, -0.2) is 4.98 Å². The molecule has 1 unspecified atom stereocenters. The zero-order valence-electron chi connectivity index (χ0n) is 16.4. The second kappa shape index (κ2) is 8.91. The maximum Gasteiger partial charge on any atom is 0.487 e. The number of aromatic nitrogens is 1. The summed E-state index contributed by atoms with van der Waals surface area (Å²) in [6, 6.07) is 7.22. The van der Waals surface area contributed by atoms with Crippen molar-refractivity contribution in [3.8, 4) is 5.75 Å². The van der Waals surface area contributed by atoms with E-state index in [0.29, 0.717) is 30.8 Å². The van der Waals surface area contributed by atoms with Crippen molar-refractivity contribution in [3.63, 3.8) is 0 Å². The Balaban J connectivity index is 1.52. The largest absolute Gasteiger partial charge is 0.487 e. The molecule has 2 saturated heterocycles. The van der Waals surface area contributed by atoms with Crippen LogP contribution in [0.25, 0.3) is 0 Å². The second-order valence-electron chi connectivity index (χ2n) is 7.46. The van der Waals surface area contributed by atoms with Crippen LogP contribution in [-0.4, -0.2) is 47.3 Å². The van der Waals surface area contributed by atoms with Gasteiger partial charge in [0.05, 0.1) is 17.7 Å². The number of carbonyl (C=O) groups is 1.